The largest absolute Gasteiger partial charge is 0.389 e. The minimum atomic E-state index is -0.860. The Morgan fingerprint density at radius 3 is 1.56 bits per heavy atom. The molecule has 4 heteroatoms. The number of hydrogen-bond donors (Lipinski definition) is 1. The predicted molar refractivity (Wildman–Crippen MR) is 144 cm³/mol. The van der Waals surface area contributed by atoms with Gasteiger partial charge in [-0.15, -0.1) is 41.9 Å². The number of allylic oxidation sites excluding steroid dienone is 1. The van der Waals surface area contributed by atoms with Crippen molar-refractivity contribution in [1.29, 1.82) is 0 Å². The molecular weight excluding hydrogens is 449 g/mol. The van der Waals surface area contributed by atoms with E-state index in [2.05, 4.69) is 98.4 Å². The summed E-state index contributed by atoms with van der Waals surface area (Å²) < 4.78 is -0.239. The minimum absolute atomic E-state index is 0.0164. The van der Waals surface area contributed by atoms with Gasteiger partial charge in [-0.2, -0.15) is 0 Å². The Morgan fingerprint density at radius 2 is 1.19 bits per heavy atom. The Morgan fingerprint density at radius 1 is 0.781 bits per heavy atom. The Balaban J connectivity index is 2.05. The van der Waals surface area contributed by atoms with Crippen LogP contribution in [0.5, 0.6) is 0 Å². The van der Waals surface area contributed by atoms with Gasteiger partial charge in [0.1, 0.15) is 0 Å². The predicted octanol–water partition coefficient (Wildman–Crippen LogP) is 8.41. The van der Waals surface area contributed by atoms with E-state index in [1.807, 2.05) is 49.5 Å². The molecule has 3 rings (SSSR count). The zero-order valence-corrected chi connectivity index (χ0v) is 21.4. The van der Waals surface area contributed by atoms with E-state index in [-0.39, 0.29) is 15.2 Å². The van der Waals surface area contributed by atoms with Crippen LogP contribution in [0.2, 0.25) is 0 Å². The highest BCUT2D eigenvalue weighted by atomic mass is 32.2. The molecule has 0 aliphatic rings. The third-order valence-corrected chi connectivity index (χ3v) is 10.4. The molecule has 3 aromatic rings. The second-order valence-corrected chi connectivity index (χ2v) is 12.7. The standard InChI is InChI=1S/C28H32OS3/c1-5-21-28(31-24-17-11-7-12-18-24,32-25-19-13-8-14-20-25)22(2)26(27(3,4)29)30-23-15-9-6-10-16-23/h5-20,22,26,29H,1,21H2,2-4H3/t22-,26-/m0/s1. The van der Waals surface area contributed by atoms with Gasteiger partial charge in [0.25, 0.3) is 0 Å². The van der Waals surface area contributed by atoms with Crippen LogP contribution in [0.3, 0.4) is 0 Å². The lowest BCUT2D eigenvalue weighted by atomic mass is 9.90. The van der Waals surface area contributed by atoms with Crippen LogP contribution in [0, 0.1) is 5.92 Å². The van der Waals surface area contributed by atoms with Gasteiger partial charge in [0.05, 0.1) is 9.68 Å². The maximum atomic E-state index is 11.3. The molecule has 2 atom stereocenters. The van der Waals surface area contributed by atoms with Crippen LogP contribution >= 0.6 is 35.3 Å². The van der Waals surface area contributed by atoms with Gasteiger partial charge in [0, 0.05) is 19.9 Å². The van der Waals surface area contributed by atoms with Crippen molar-refractivity contribution < 1.29 is 5.11 Å². The first-order valence-corrected chi connectivity index (χ1v) is 13.4. The molecular formula is C28H32OS3. The van der Waals surface area contributed by atoms with Crippen molar-refractivity contribution in [2.24, 2.45) is 5.92 Å². The normalized spacial score (nSPS) is 14.0. The zero-order chi connectivity index (χ0) is 23.0. The summed E-state index contributed by atoms with van der Waals surface area (Å²) >= 11 is 5.54. The molecule has 0 radical (unpaired) electrons. The van der Waals surface area contributed by atoms with E-state index in [1.54, 1.807) is 11.8 Å². The Kier molecular flexibility index (Phi) is 9.01. The van der Waals surface area contributed by atoms with Gasteiger partial charge >= 0.3 is 0 Å². The molecule has 1 N–H and O–H groups in total. The number of benzene rings is 3. The molecule has 0 unspecified atom stereocenters. The SMILES string of the molecule is C=CCC(Sc1ccccc1)(Sc1ccccc1)[C@@H](C)[C@H](Sc1ccccc1)C(C)(C)O. The second kappa shape index (κ2) is 11.5. The Bertz CT molecular complexity index is 911. The molecule has 0 aromatic heterocycles. The fourth-order valence-electron chi connectivity index (χ4n) is 3.79. The van der Waals surface area contributed by atoms with Crippen molar-refractivity contribution in [2.45, 2.75) is 56.8 Å². The highest BCUT2D eigenvalue weighted by Gasteiger charge is 2.46. The molecule has 0 spiro atoms. The molecule has 0 aliphatic carbocycles. The van der Waals surface area contributed by atoms with E-state index < -0.39 is 5.60 Å². The Hall–Kier alpha value is -1.59. The highest BCUT2D eigenvalue weighted by Crippen LogP contribution is 2.56. The summed E-state index contributed by atoms with van der Waals surface area (Å²) in [5.74, 6) is 0.154. The van der Waals surface area contributed by atoms with Crippen LogP contribution in [0.1, 0.15) is 27.2 Å². The number of hydrogen-bond acceptors (Lipinski definition) is 4. The maximum Gasteiger partial charge on any atom is 0.0776 e. The van der Waals surface area contributed by atoms with Gasteiger partial charge in [-0.05, 0) is 62.6 Å². The lowest BCUT2D eigenvalue weighted by Gasteiger charge is -2.45. The number of rotatable bonds is 11. The lowest BCUT2D eigenvalue weighted by molar-refractivity contribution is 0.0610. The van der Waals surface area contributed by atoms with Crippen LogP contribution in [-0.4, -0.2) is 20.0 Å². The quantitative estimate of drug-likeness (QED) is 0.169. The molecule has 0 fully saturated rings. The first-order valence-electron chi connectivity index (χ1n) is 10.9. The second-order valence-electron chi connectivity index (χ2n) is 8.43. The number of aliphatic hydroxyl groups is 1. The minimum Gasteiger partial charge on any atom is -0.389 e. The summed E-state index contributed by atoms with van der Waals surface area (Å²) in [6.07, 6.45) is 2.84. The zero-order valence-electron chi connectivity index (χ0n) is 19.0. The monoisotopic (exact) mass is 480 g/mol. The average molecular weight is 481 g/mol. The van der Waals surface area contributed by atoms with Gasteiger partial charge in [0.2, 0.25) is 0 Å². The highest BCUT2D eigenvalue weighted by molar-refractivity contribution is 8.18. The fourth-order valence-corrected chi connectivity index (χ4v) is 8.47. The van der Waals surface area contributed by atoms with Gasteiger partial charge in [-0.1, -0.05) is 67.6 Å². The van der Waals surface area contributed by atoms with Gasteiger partial charge in [0.15, 0.2) is 0 Å². The van der Waals surface area contributed by atoms with Crippen molar-refractivity contribution in [1.82, 2.24) is 0 Å². The number of thioether (sulfide) groups is 3. The first kappa shape index (κ1) is 25.0. The van der Waals surface area contributed by atoms with Gasteiger partial charge in [-0.3, -0.25) is 0 Å². The molecule has 0 heterocycles. The van der Waals surface area contributed by atoms with E-state index in [1.165, 1.54) is 14.7 Å². The van der Waals surface area contributed by atoms with Crippen molar-refractivity contribution in [3.63, 3.8) is 0 Å². The van der Waals surface area contributed by atoms with Gasteiger partial charge in [-0.25, -0.2) is 0 Å². The van der Waals surface area contributed by atoms with Crippen LogP contribution in [0.15, 0.2) is 118 Å². The smallest absolute Gasteiger partial charge is 0.0776 e. The summed E-state index contributed by atoms with van der Waals surface area (Å²) in [6.45, 7) is 10.3. The fraction of sp³-hybridized carbons (Fsp3) is 0.286. The summed E-state index contributed by atoms with van der Waals surface area (Å²) in [7, 11) is 0. The van der Waals surface area contributed by atoms with Crippen molar-refractivity contribution in [2.75, 3.05) is 0 Å². The topological polar surface area (TPSA) is 20.2 Å². The average Bonchev–Trinajstić information content (AvgIpc) is 2.78. The van der Waals surface area contributed by atoms with Crippen LogP contribution < -0.4 is 0 Å². The van der Waals surface area contributed by atoms with Crippen LogP contribution in [-0.2, 0) is 0 Å². The molecule has 0 saturated carbocycles. The molecule has 0 saturated heterocycles. The molecule has 3 aromatic carbocycles. The van der Waals surface area contributed by atoms with Crippen molar-refractivity contribution >= 4 is 35.3 Å². The van der Waals surface area contributed by atoms with Crippen molar-refractivity contribution in [3.8, 4) is 0 Å². The van der Waals surface area contributed by atoms with E-state index in [4.69, 9.17) is 0 Å². The van der Waals surface area contributed by atoms with E-state index in [0.29, 0.717) is 0 Å². The maximum absolute atomic E-state index is 11.3. The molecule has 32 heavy (non-hydrogen) atoms. The molecule has 0 bridgehead atoms. The van der Waals surface area contributed by atoms with Crippen LogP contribution in [0.4, 0.5) is 0 Å². The van der Waals surface area contributed by atoms with E-state index >= 15 is 0 Å². The summed E-state index contributed by atoms with van der Waals surface area (Å²) in [5, 5.41) is 11.3. The summed E-state index contributed by atoms with van der Waals surface area (Å²) in [4.78, 5) is 3.63. The van der Waals surface area contributed by atoms with Crippen molar-refractivity contribution in [3.05, 3.63) is 104 Å². The van der Waals surface area contributed by atoms with E-state index in [9.17, 15) is 5.11 Å². The first-order chi connectivity index (χ1) is 15.3. The molecule has 1 nitrogen and oxygen atoms in total. The Labute approximate surface area is 206 Å². The molecule has 0 amide bonds. The lowest BCUT2D eigenvalue weighted by Crippen LogP contribution is -2.46. The molecule has 168 valence electrons. The third-order valence-electron chi connectivity index (χ3n) is 5.35. The third kappa shape index (κ3) is 6.71. The summed E-state index contributed by atoms with van der Waals surface area (Å²) in [6, 6.07) is 31.5. The van der Waals surface area contributed by atoms with Gasteiger partial charge < -0.3 is 5.11 Å². The molecule has 0 aliphatic heterocycles. The van der Waals surface area contributed by atoms with E-state index in [0.717, 1.165) is 6.42 Å². The summed E-state index contributed by atoms with van der Waals surface area (Å²) in [5.41, 5.74) is -0.860. The van der Waals surface area contributed by atoms with Crippen LogP contribution in [0.25, 0.3) is 0 Å².